The number of benzene rings is 4. The van der Waals surface area contributed by atoms with Crippen molar-refractivity contribution >= 4 is 35.5 Å². The number of amides is 3. The quantitative estimate of drug-likeness (QED) is 0.132. The van der Waals surface area contributed by atoms with Gasteiger partial charge in [-0.05, 0) is 34.4 Å². The van der Waals surface area contributed by atoms with Gasteiger partial charge in [-0.25, -0.2) is 0 Å². The molecule has 5 rings (SSSR count). The van der Waals surface area contributed by atoms with Gasteiger partial charge in [-0.1, -0.05) is 103 Å². The minimum absolute atomic E-state index is 0.133. The van der Waals surface area contributed by atoms with Crippen LogP contribution in [0.25, 0.3) is 0 Å². The van der Waals surface area contributed by atoms with Crippen molar-refractivity contribution in [2.45, 2.75) is 22.9 Å². The zero-order chi connectivity index (χ0) is 32.5. The highest BCUT2D eigenvalue weighted by Gasteiger charge is 2.56. The maximum Gasteiger partial charge on any atom is 0.322 e. The smallest absolute Gasteiger partial charge is 0.322 e. The fourth-order valence-corrected chi connectivity index (χ4v) is 6.65. The van der Waals surface area contributed by atoms with E-state index in [4.69, 9.17) is 9.84 Å². The molecule has 5 N–H and O–H groups in total. The topological polar surface area (TPSA) is 154 Å². The van der Waals surface area contributed by atoms with Gasteiger partial charge in [0.05, 0.1) is 6.10 Å². The molecular weight excluding hydrogens is 606 g/mol. The molecule has 0 aliphatic carbocycles. The molecule has 11 heteroatoms. The molecule has 0 bridgehead atoms. The number of aliphatic hydroxyl groups is 1. The SMILES string of the molecule is O=C(O)CNC(=O)[C@H](NC(=O)COc1ccc([C@@]2(c3ccccc3)NC(=O)[C@@H]2SCC(O)c2ccccc2)cc1)c1ccccc1. The van der Waals surface area contributed by atoms with E-state index in [9.17, 15) is 24.3 Å². The monoisotopic (exact) mass is 639 g/mol. The summed E-state index contributed by atoms with van der Waals surface area (Å²) in [6.07, 6.45) is -0.736. The van der Waals surface area contributed by atoms with Gasteiger partial charge < -0.3 is 30.9 Å². The molecule has 4 aromatic rings. The van der Waals surface area contributed by atoms with Gasteiger partial charge in [-0.15, -0.1) is 11.8 Å². The van der Waals surface area contributed by atoms with E-state index in [1.165, 1.54) is 11.8 Å². The Hall–Kier alpha value is -5.13. The van der Waals surface area contributed by atoms with Crippen LogP contribution in [0.5, 0.6) is 5.75 Å². The summed E-state index contributed by atoms with van der Waals surface area (Å²) in [6.45, 7) is -0.982. The van der Waals surface area contributed by atoms with E-state index < -0.39 is 53.9 Å². The van der Waals surface area contributed by atoms with E-state index in [0.29, 0.717) is 17.1 Å². The Balaban J connectivity index is 1.27. The molecule has 1 aliphatic rings. The van der Waals surface area contributed by atoms with Gasteiger partial charge in [0.2, 0.25) is 11.8 Å². The molecule has 46 heavy (non-hydrogen) atoms. The lowest BCUT2D eigenvalue weighted by Gasteiger charge is -2.50. The number of nitrogens with one attached hydrogen (secondary N) is 3. The van der Waals surface area contributed by atoms with Crippen LogP contribution < -0.4 is 20.7 Å². The molecule has 1 aliphatic heterocycles. The molecular formula is C35H33N3O7S. The number of ether oxygens (including phenoxy) is 1. The zero-order valence-corrected chi connectivity index (χ0v) is 25.5. The van der Waals surface area contributed by atoms with Gasteiger partial charge in [-0.3, -0.25) is 19.2 Å². The molecule has 236 valence electrons. The number of aliphatic hydroxyl groups excluding tert-OH is 1. The summed E-state index contributed by atoms with van der Waals surface area (Å²) in [5.74, 6) is -1.86. The highest BCUT2D eigenvalue weighted by Crippen LogP contribution is 2.46. The molecule has 1 saturated heterocycles. The molecule has 3 amide bonds. The van der Waals surface area contributed by atoms with Crippen molar-refractivity contribution in [3.8, 4) is 5.75 Å². The van der Waals surface area contributed by atoms with Gasteiger partial charge in [0.15, 0.2) is 6.61 Å². The molecule has 1 unspecified atom stereocenters. The molecule has 0 aromatic heterocycles. The Morgan fingerprint density at radius 2 is 1.39 bits per heavy atom. The maximum atomic E-state index is 13.0. The van der Waals surface area contributed by atoms with Crippen molar-refractivity contribution < 1.29 is 34.1 Å². The third-order valence-corrected chi connectivity index (χ3v) is 8.99. The predicted octanol–water partition coefficient (Wildman–Crippen LogP) is 3.33. The van der Waals surface area contributed by atoms with Gasteiger partial charge in [0, 0.05) is 5.75 Å². The van der Waals surface area contributed by atoms with E-state index in [1.807, 2.05) is 72.8 Å². The van der Waals surface area contributed by atoms with Gasteiger partial charge in [0.25, 0.3) is 5.91 Å². The molecule has 0 spiro atoms. The van der Waals surface area contributed by atoms with E-state index in [0.717, 1.165) is 16.7 Å². The molecule has 1 fully saturated rings. The minimum atomic E-state index is -1.21. The van der Waals surface area contributed by atoms with Crippen LogP contribution in [0.3, 0.4) is 0 Å². The Labute approximate surface area is 270 Å². The van der Waals surface area contributed by atoms with Gasteiger partial charge in [0.1, 0.15) is 29.1 Å². The van der Waals surface area contributed by atoms with Crippen molar-refractivity contribution in [1.82, 2.24) is 16.0 Å². The summed E-state index contributed by atoms with van der Waals surface area (Å²) in [4.78, 5) is 49.4. The number of carbonyl (C=O) groups excluding carboxylic acids is 3. The molecule has 4 atom stereocenters. The summed E-state index contributed by atoms with van der Waals surface area (Å²) in [7, 11) is 0. The number of carboxylic acids is 1. The van der Waals surface area contributed by atoms with Crippen LogP contribution in [0.4, 0.5) is 0 Å². The number of hydrogen-bond donors (Lipinski definition) is 5. The molecule has 4 aromatic carbocycles. The number of hydrogen-bond acceptors (Lipinski definition) is 7. The Bertz CT molecular complexity index is 1660. The number of rotatable bonds is 14. The van der Waals surface area contributed by atoms with E-state index >= 15 is 0 Å². The second kappa shape index (κ2) is 14.8. The zero-order valence-electron chi connectivity index (χ0n) is 24.7. The Morgan fingerprint density at radius 3 is 1.98 bits per heavy atom. The van der Waals surface area contributed by atoms with Crippen molar-refractivity contribution in [1.29, 1.82) is 0 Å². The van der Waals surface area contributed by atoms with Crippen LogP contribution in [0, 0.1) is 0 Å². The van der Waals surface area contributed by atoms with Gasteiger partial charge in [-0.2, -0.15) is 0 Å². The van der Waals surface area contributed by atoms with E-state index in [-0.39, 0.29) is 5.91 Å². The van der Waals surface area contributed by atoms with Crippen LogP contribution in [-0.4, -0.2) is 58.1 Å². The summed E-state index contributed by atoms with van der Waals surface area (Å²) in [5, 5.41) is 27.2. The van der Waals surface area contributed by atoms with Crippen LogP contribution in [0.15, 0.2) is 115 Å². The molecule has 0 radical (unpaired) electrons. The van der Waals surface area contributed by atoms with Crippen molar-refractivity contribution in [2.24, 2.45) is 0 Å². The van der Waals surface area contributed by atoms with E-state index in [2.05, 4.69) is 16.0 Å². The normalized spacial score (nSPS) is 18.3. The average molecular weight is 640 g/mol. The number of aliphatic carboxylic acids is 1. The average Bonchev–Trinajstić information content (AvgIpc) is 3.08. The first-order valence-corrected chi connectivity index (χ1v) is 15.6. The van der Waals surface area contributed by atoms with Crippen LogP contribution in [0.2, 0.25) is 0 Å². The first kappa shape index (κ1) is 32.3. The van der Waals surface area contributed by atoms with Crippen molar-refractivity contribution in [2.75, 3.05) is 18.9 Å². The largest absolute Gasteiger partial charge is 0.484 e. The van der Waals surface area contributed by atoms with Crippen LogP contribution in [-0.2, 0) is 24.7 Å². The minimum Gasteiger partial charge on any atom is -0.484 e. The molecule has 10 nitrogen and oxygen atoms in total. The number of thioether (sulfide) groups is 1. The third-order valence-electron chi connectivity index (χ3n) is 7.58. The molecule has 1 heterocycles. The van der Waals surface area contributed by atoms with Crippen molar-refractivity contribution in [3.63, 3.8) is 0 Å². The number of carboxylic acid groups (broad SMARTS) is 1. The lowest BCUT2D eigenvalue weighted by atomic mass is 9.74. The first-order valence-electron chi connectivity index (χ1n) is 14.6. The standard InChI is InChI=1S/C35H33N3O7S/c39-28(23-10-4-1-5-11-23)22-46-32-34(44)38-35(32,25-14-8-3-9-15-25)26-16-18-27(19-17-26)45-21-29(40)37-31(24-12-6-2-7-13-24)33(43)36-20-30(41)42/h1-19,28,31-32,39H,20-22H2,(H,36,43)(H,37,40)(H,38,44)(H,41,42)/t28?,31-,32+,35-/m1/s1. The Morgan fingerprint density at radius 1 is 0.826 bits per heavy atom. The highest BCUT2D eigenvalue weighted by molar-refractivity contribution is 8.00. The lowest BCUT2D eigenvalue weighted by Crippen LogP contribution is -2.69. The summed E-state index contributed by atoms with van der Waals surface area (Å²) in [5.41, 5.74) is 2.12. The van der Waals surface area contributed by atoms with Crippen LogP contribution in [0.1, 0.15) is 34.4 Å². The predicted molar refractivity (Wildman–Crippen MR) is 173 cm³/mol. The maximum absolute atomic E-state index is 13.0. The lowest BCUT2D eigenvalue weighted by molar-refractivity contribution is -0.138. The van der Waals surface area contributed by atoms with Crippen LogP contribution >= 0.6 is 11.8 Å². The number of β-lactam (4-membered cyclic amide) rings is 1. The third kappa shape index (κ3) is 7.39. The van der Waals surface area contributed by atoms with E-state index in [1.54, 1.807) is 42.5 Å². The van der Waals surface area contributed by atoms with Gasteiger partial charge >= 0.3 is 5.97 Å². The Kier molecular flexibility index (Phi) is 10.4. The van der Waals surface area contributed by atoms with Crippen molar-refractivity contribution in [3.05, 3.63) is 138 Å². The highest BCUT2D eigenvalue weighted by atomic mass is 32.2. The summed E-state index contributed by atoms with van der Waals surface area (Å²) >= 11 is 1.39. The second-order valence-electron chi connectivity index (χ2n) is 10.6. The second-order valence-corrected chi connectivity index (χ2v) is 11.8. The fraction of sp³-hybridized carbons (Fsp3) is 0.200. The summed E-state index contributed by atoms with van der Waals surface area (Å²) in [6, 6.07) is 33.4. The fourth-order valence-electron chi connectivity index (χ4n) is 5.29. The first-order chi connectivity index (χ1) is 22.3. The number of carbonyl (C=O) groups is 4. The summed E-state index contributed by atoms with van der Waals surface area (Å²) < 4.78 is 5.72. The molecule has 0 saturated carbocycles.